The summed E-state index contributed by atoms with van der Waals surface area (Å²) in [4.78, 5) is 52.0. The monoisotopic (exact) mass is 509 g/mol. The number of benzene rings is 2. The Bertz CT molecular complexity index is 1280. The van der Waals surface area contributed by atoms with Crippen LogP contribution in [0, 0.1) is 0 Å². The Morgan fingerprint density at radius 1 is 1.17 bits per heavy atom. The van der Waals surface area contributed by atoms with Crippen LogP contribution in [0.1, 0.15) is 33.0 Å². The lowest BCUT2D eigenvalue weighted by Crippen LogP contribution is -2.67. The lowest BCUT2D eigenvalue weighted by molar-refractivity contribution is -0.147. The largest absolute Gasteiger partial charge is 0.352 e. The Balaban J connectivity index is 1.54. The Labute approximate surface area is 215 Å². The molecule has 0 radical (unpaired) electrons. The van der Waals surface area contributed by atoms with Crippen molar-refractivity contribution in [3.8, 4) is 0 Å². The van der Waals surface area contributed by atoms with E-state index in [1.165, 1.54) is 17.0 Å². The van der Waals surface area contributed by atoms with Gasteiger partial charge in [-0.2, -0.15) is 8.78 Å². The van der Waals surface area contributed by atoms with Gasteiger partial charge in [-0.15, -0.1) is 0 Å². The van der Waals surface area contributed by atoms with Crippen molar-refractivity contribution >= 4 is 66.6 Å². The van der Waals surface area contributed by atoms with Gasteiger partial charge in [0.25, 0.3) is 11.8 Å². The van der Waals surface area contributed by atoms with Crippen molar-refractivity contribution in [2.45, 2.75) is 35.5 Å². The minimum absolute atomic E-state index is 0.110. The van der Waals surface area contributed by atoms with E-state index in [4.69, 9.17) is 11.6 Å². The molecule has 7 nitrogen and oxygen atoms in total. The summed E-state index contributed by atoms with van der Waals surface area (Å²) < 4.78 is 29.4. The molecule has 0 aliphatic carbocycles. The predicted molar refractivity (Wildman–Crippen MR) is 140 cm³/mol. The smallest absolute Gasteiger partial charge is 0.349 e. The molecule has 182 valence electrons. The van der Waals surface area contributed by atoms with Gasteiger partial charge in [-0.3, -0.25) is 24.5 Å². The van der Waals surface area contributed by atoms with Gasteiger partial charge in [-0.05, 0) is 35.1 Å². The molecular weight excluding hydrogens is 487 g/mol. The van der Waals surface area contributed by atoms with Gasteiger partial charge in [0, 0.05) is 34.5 Å². The Kier molecular flexibility index (Phi) is 6.58. The van der Waals surface area contributed by atoms with E-state index >= 15 is 0 Å². The maximum Gasteiger partial charge on any atom is 0.349 e. The van der Waals surface area contributed by atoms with Crippen molar-refractivity contribution in [3.05, 3.63) is 69.7 Å². The molecule has 0 bridgehead atoms. The van der Waals surface area contributed by atoms with E-state index < -0.39 is 46.3 Å². The summed E-state index contributed by atoms with van der Waals surface area (Å²) in [6.07, 6.45) is 0. The minimum Gasteiger partial charge on any atom is -0.352 e. The second-order valence-corrected chi connectivity index (χ2v) is 10.1. The fourth-order valence-corrected chi connectivity index (χ4v) is 4.91. The molecule has 4 unspecified atom stereocenters. The molecule has 2 heterocycles. The van der Waals surface area contributed by atoms with Crippen LogP contribution in [-0.2, 0) is 26.9 Å². The number of nitrogens with zero attached hydrogens (tertiary/aromatic N) is 1. The number of fused-ring (bicyclic) bond motifs is 1. The highest BCUT2D eigenvalue weighted by atomic mass is 35.5. The number of hydrogen-bond acceptors (Lipinski definition) is 4. The fraction of sp³-hybridized carbons (Fsp3) is 0.273. The summed E-state index contributed by atoms with van der Waals surface area (Å²) in [6.45, 7) is 0.110. The van der Waals surface area contributed by atoms with Gasteiger partial charge in [0.2, 0.25) is 11.8 Å². The van der Waals surface area contributed by atoms with Gasteiger partial charge < -0.3 is 10.2 Å². The molecule has 2 aliphatic rings. The van der Waals surface area contributed by atoms with Crippen molar-refractivity contribution in [1.29, 1.82) is 0 Å². The minimum atomic E-state index is -3.77. The molecule has 2 aromatic carbocycles. The second kappa shape index (κ2) is 9.10. The van der Waals surface area contributed by atoms with Crippen LogP contribution < -0.4 is 10.6 Å². The van der Waals surface area contributed by atoms with Gasteiger partial charge in [0.1, 0.15) is 31.4 Å². The maximum absolute atomic E-state index is 14.7. The Hall–Kier alpha value is -3.07. The molecular formula is C22H22B4ClF2N3O4. The summed E-state index contributed by atoms with van der Waals surface area (Å²) >= 11 is 5.75. The van der Waals surface area contributed by atoms with Crippen molar-refractivity contribution in [2.75, 3.05) is 0 Å². The quantitative estimate of drug-likeness (QED) is 0.386. The standard InChI is InChI=1S/C22H22B4ClF2N3O4/c23-14-15(24)21(26,19(35)31-17(14)33)32-8-10-7-9(1-6-13(10)18(32)34)16(25)30-20(36)22(28,29)11-2-4-12(27)5-3-11/h1-7,14-16H,8,23-26H2,(H,30,36)(H,31,33,35). The van der Waals surface area contributed by atoms with Crippen LogP contribution in [0.5, 0.6) is 0 Å². The highest BCUT2D eigenvalue weighted by Crippen LogP contribution is 2.41. The summed E-state index contributed by atoms with van der Waals surface area (Å²) in [5, 5.41) is 4.97. The van der Waals surface area contributed by atoms with Gasteiger partial charge in [0.05, 0.1) is 5.44 Å². The maximum atomic E-state index is 14.7. The zero-order valence-electron chi connectivity index (χ0n) is 20.2. The van der Waals surface area contributed by atoms with E-state index in [-0.39, 0.29) is 23.4 Å². The third-order valence-electron chi connectivity index (χ3n) is 7.58. The number of rotatable bonds is 5. The molecule has 2 N–H and O–H groups in total. The van der Waals surface area contributed by atoms with E-state index in [1.807, 2.05) is 0 Å². The number of carbonyl (C=O) groups is 4. The number of alkyl halides is 2. The average Bonchev–Trinajstić information content (AvgIpc) is 3.17. The van der Waals surface area contributed by atoms with Crippen molar-refractivity contribution in [1.82, 2.24) is 15.5 Å². The van der Waals surface area contributed by atoms with E-state index in [2.05, 4.69) is 10.6 Å². The van der Waals surface area contributed by atoms with E-state index in [0.29, 0.717) is 16.7 Å². The zero-order chi connectivity index (χ0) is 26.6. The SMILES string of the molecule is BC(NC(=O)C(F)(F)c1ccc(Cl)cc1)c1ccc2c(c1)CN(C1(B)C(=O)NC(=O)C(B)C1B)C2=O. The zero-order valence-corrected chi connectivity index (χ0v) is 21.0. The second-order valence-electron chi connectivity index (χ2n) is 9.63. The van der Waals surface area contributed by atoms with Crippen molar-refractivity contribution in [3.63, 3.8) is 0 Å². The van der Waals surface area contributed by atoms with Gasteiger partial charge in [0.15, 0.2) is 0 Å². The first-order valence-corrected chi connectivity index (χ1v) is 11.9. The lowest BCUT2D eigenvalue weighted by Gasteiger charge is -2.47. The van der Waals surface area contributed by atoms with Crippen LogP contribution in [0.3, 0.4) is 0 Å². The first-order chi connectivity index (χ1) is 16.8. The summed E-state index contributed by atoms with van der Waals surface area (Å²) in [5.74, 6) is -8.18. The van der Waals surface area contributed by atoms with Gasteiger partial charge in [-0.1, -0.05) is 35.9 Å². The molecule has 1 saturated heterocycles. The molecule has 14 heteroatoms. The number of amides is 4. The fourth-order valence-electron chi connectivity index (χ4n) is 4.79. The number of piperidine rings is 1. The van der Waals surface area contributed by atoms with Crippen LogP contribution in [0.4, 0.5) is 8.78 Å². The molecule has 2 aliphatic heterocycles. The van der Waals surface area contributed by atoms with Crippen LogP contribution in [0.25, 0.3) is 0 Å². The summed E-state index contributed by atoms with van der Waals surface area (Å²) in [6, 6.07) is 9.59. The van der Waals surface area contributed by atoms with Gasteiger partial charge >= 0.3 is 5.92 Å². The molecule has 4 amide bonds. The molecule has 0 saturated carbocycles. The number of imide groups is 1. The number of nitrogens with one attached hydrogen (secondary N) is 2. The first-order valence-electron chi connectivity index (χ1n) is 11.5. The topological polar surface area (TPSA) is 95.6 Å². The van der Waals surface area contributed by atoms with Crippen LogP contribution in [0.15, 0.2) is 42.5 Å². The molecule has 2 aromatic rings. The van der Waals surface area contributed by atoms with Crippen molar-refractivity contribution in [2.24, 2.45) is 0 Å². The van der Waals surface area contributed by atoms with Crippen molar-refractivity contribution < 1.29 is 28.0 Å². The molecule has 36 heavy (non-hydrogen) atoms. The molecule has 0 spiro atoms. The van der Waals surface area contributed by atoms with E-state index in [0.717, 1.165) is 12.1 Å². The molecule has 4 atom stereocenters. The van der Waals surface area contributed by atoms with Crippen LogP contribution in [-0.4, -0.2) is 65.4 Å². The van der Waals surface area contributed by atoms with Crippen LogP contribution >= 0.6 is 11.6 Å². The number of hydrogen-bond donors (Lipinski definition) is 2. The molecule has 0 aromatic heterocycles. The first kappa shape index (κ1) is 26.0. The summed E-state index contributed by atoms with van der Waals surface area (Å²) in [7, 11) is 6.68. The summed E-state index contributed by atoms with van der Waals surface area (Å²) in [5.41, 5.74) is -0.209. The van der Waals surface area contributed by atoms with E-state index in [1.54, 1.807) is 49.6 Å². The number of carbonyl (C=O) groups excluding carboxylic acids is 4. The van der Waals surface area contributed by atoms with Crippen LogP contribution in [0.2, 0.25) is 16.7 Å². The highest BCUT2D eigenvalue weighted by Gasteiger charge is 2.54. The molecule has 1 fully saturated rings. The van der Waals surface area contributed by atoms with Gasteiger partial charge in [-0.25, -0.2) is 0 Å². The van der Waals surface area contributed by atoms with E-state index in [9.17, 15) is 28.0 Å². The highest BCUT2D eigenvalue weighted by molar-refractivity contribution is 6.43. The number of halogens is 3. The third-order valence-corrected chi connectivity index (χ3v) is 7.83. The molecule has 4 rings (SSSR count). The Morgan fingerprint density at radius 3 is 2.44 bits per heavy atom. The predicted octanol–water partition coefficient (Wildman–Crippen LogP) is -1.34. The normalized spacial score (nSPS) is 24.8. The average molecular weight is 509 g/mol. The Morgan fingerprint density at radius 2 is 1.81 bits per heavy atom. The third kappa shape index (κ3) is 4.13. The lowest BCUT2D eigenvalue weighted by atomic mass is 9.48.